The molecule has 0 aliphatic heterocycles. The third-order valence-corrected chi connectivity index (χ3v) is 2.32. The highest BCUT2D eigenvalue weighted by Crippen LogP contribution is 2.31. The van der Waals surface area contributed by atoms with Gasteiger partial charge in [0, 0.05) is 6.08 Å². The Morgan fingerprint density at radius 3 is 3.00 bits per heavy atom. The molecule has 0 saturated carbocycles. The molecular weight excluding hydrogens is 165 g/mol. The number of halogens is 1. The Morgan fingerprint density at radius 2 is 2.23 bits per heavy atom. The van der Waals surface area contributed by atoms with E-state index in [2.05, 4.69) is 0 Å². The zero-order valence-electron chi connectivity index (χ0n) is 7.05. The van der Waals surface area contributed by atoms with Crippen molar-refractivity contribution in [2.75, 3.05) is 0 Å². The number of hydrogen-bond acceptors (Lipinski definition) is 1. The first-order chi connectivity index (χ1) is 6.31. The van der Waals surface area contributed by atoms with Gasteiger partial charge in [0.05, 0.1) is 6.07 Å². The van der Waals surface area contributed by atoms with Crippen molar-refractivity contribution in [1.82, 2.24) is 0 Å². The van der Waals surface area contributed by atoms with Gasteiger partial charge >= 0.3 is 0 Å². The molecule has 1 aliphatic carbocycles. The van der Waals surface area contributed by atoms with Gasteiger partial charge in [-0.1, -0.05) is 6.07 Å². The van der Waals surface area contributed by atoms with Gasteiger partial charge in [-0.15, -0.1) is 0 Å². The lowest BCUT2D eigenvalue weighted by molar-refractivity contribution is 0.626. The molecule has 0 atom stereocenters. The minimum atomic E-state index is -0.197. The first-order valence-electron chi connectivity index (χ1n) is 4.19. The molecule has 0 aromatic heterocycles. The van der Waals surface area contributed by atoms with Crippen LogP contribution < -0.4 is 0 Å². The van der Waals surface area contributed by atoms with Gasteiger partial charge in [0.2, 0.25) is 0 Å². The summed E-state index contributed by atoms with van der Waals surface area (Å²) in [6, 6.07) is 6.75. The van der Waals surface area contributed by atoms with Crippen LogP contribution in [0.15, 0.2) is 24.3 Å². The molecule has 64 valence electrons. The third-order valence-electron chi connectivity index (χ3n) is 2.32. The van der Waals surface area contributed by atoms with E-state index in [1.54, 1.807) is 18.2 Å². The van der Waals surface area contributed by atoms with Crippen LogP contribution in [-0.2, 0) is 6.42 Å². The number of nitriles is 1. The maximum Gasteiger partial charge on any atom is 0.123 e. The summed E-state index contributed by atoms with van der Waals surface area (Å²) in [6.07, 6.45) is 3.25. The normalized spacial score (nSPS) is 17.1. The smallest absolute Gasteiger partial charge is 0.123 e. The molecule has 1 aromatic carbocycles. The standard InChI is InChI=1S/C11H8FN/c12-10-3-4-11-8(5-6-13)1-2-9(11)7-10/h3-5,7H,1-2H2/b8-5+. The lowest BCUT2D eigenvalue weighted by atomic mass is 10.1. The van der Waals surface area contributed by atoms with Crippen LogP contribution in [-0.4, -0.2) is 0 Å². The molecule has 0 radical (unpaired) electrons. The van der Waals surface area contributed by atoms with Crippen molar-refractivity contribution in [2.45, 2.75) is 12.8 Å². The van der Waals surface area contributed by atoms with Crippen LogP contribution in [0.4, 0.5) is 4.39 Å². The van der Waals surface area contributed by atoms with Crippen LogP contribution in [0.25, 0.3) is 5.57 Å². The number of nitrogens with zero attached hydrogens (tertiary/aromatic N) is 1. The van der Waals surface area contributed by atoms with Gasteiger partial charge in [-0.25, -0.2) is 4.39 Å². The monoisotopic (exact) mass is 173 g/mol. The number of aryl methyl sites for hydroxylation is 1. The van der Waals surface area contributed by atoms with E-state index in [-0.39, 0.29) is 5.82 Å². The summed E-state index contributed by atoms with van der Waals surface area (Å²) >= 11 is 0. The molecule has 0 N–H and O–H groups in total. The van der Waals surface area contributed by atoms with Crippen LogP contribution in [0.1, 0.15) is 17.5 Å². The molecule has 0 amide bonds. The number of hydrogen-bond donors (Lipinski definition) is 0. The summed E-state index contributed by atoms with van der Waals surface area (Å²) < 4.78 is 12.8. The van der Waals surface area contributed by atoms with E-state index in [1.807, 2.05) is 6.07 Å². The minimum absolute atomic E-state index is 0.197. The fraction of sp³-hybridized carbons (Fsp3) is 0.182. The quantitative estimate of drug-likeness (QED) is 0.553. The van der Waals surface area contributed by atoms with Gasteiger partial charge in [0.1, 0.15) is 5.82 Å². The van der Waals surface area contributed by atoms with E-state index in [1.165, 1.54) is 6.07 Å². The third kappa shape index (κ3) is 1.33. The first kappa shape index (κ1) is 8.00. The van der Waals surface area contributed by atoms with Crippen molar-refractivity contribution in [3.63, 3.8) is 0 Å². The lowest BCUT2D eigenvalue weighted by Gasteiger charge is -1.98. The molecule has 0 spiro atoms. The van der Waals surface area contributed by atoms with E-state index >= 15 is 0 Å². The molecule has 0 heterocycles. The summed E-state index contributed by atoms with van der Waals surface area (Å²) in [6.45, 7) is 0. The Morgan fingerprint density at radius 1 is 1.38 bits per heavy atom. The summed E-state index contributed by atoms with van der Waals surface area (Å²) in [5.74, 6) is -0.197. The van der Waals surface area contributed by atoms with Crippen LogP contribution in [0, 0.1) is 17.1 Å². The van der Waals surface area contributed by atoms with E-state index in [0.717, 1.165) is 29.5 Å². The van der Waals surface area contributed by atoms with E-state index in [0.29, 0.717) is 0 Å². The van der Waals surface area contributed by atoms with Crippen molar-refractivity contribution in [1.29, 1.82) is 5.26 Å². The SMILES string of the molecule is N#C/C=C1\CCc2cc(F)ccc21. The summed E-state index contributed by atoms with van der Waals surface area (Å²) in [4.78, 5) is 0. The second kappa shape index (κ2) is 3.02. The van der Waals surface area contributed by atoms with E-state index < -0.39 is 0 Å². The van der Waals surface area contributed by atoms with Gasteiger partial charge in [0.15, 0.2) is 0 Å². The highest BCUT2D eigenvalue weighted by molar-refractivity contribution is 5.73. The van der Waals surface area contributed by atoms with Gasteiger partial charge in [-0.3, -0.25) is 0 Å². The topological polar surface area (TPSA) is 23.8 Å². The maximum absolute atomic E-state index is 12.8. The molecule has 13 heavy (non-hydrogen) atoms. The Labute approximate surface area is 76.1 Å². The summed E-state index contributed by atoms with van der Waals surface area (Å²) in [7, 11) is 0. The minimum Gasteiger partial charge on any atom is -0.207 e. The average Bonchev–Trinajstić information content (AvgIpc) is 2.49. The molecule has 2 rings (SSSR count). The second-order valence-corrected chi connectivity index (χ2v) is 3.10. The van der Waals surface area contributed by atoms with E-state index in [9.17, 15) is 4.39 Å². The van der Waals surface area contributed by atoms with Crippen molar-refractivity contribution in [2.24, 2.45) is 0 Å². The lowest BCUT2D eigenvalue weighted by Crippen LogP contribution is -1.82. The number of allylic oxidation sites excluding steroid dienone is 2. The van der Waals surface area contributed by atoms with Gasteiger partial charge in [-0.05, 0) is 41.7 Å². The first-order valence-corrected chi connectivity index (χ1v) is 4.19. The number of fused-ring (bicyclic) bond motifs is 1. The molecule has 1 aliphatic rings. The molecular formula is C11H8FN. The molecule has 0 unspecified atom stereocenters. The molecule has 1 aromatic rings. The van der Waals surface area contributed by atoms with Crippen molar-refractivity contribution >= 4 is 5.57 Å². The Kier molecular flexibility index (Phi) is 1.86. The van der Waals surface area contributed by atoms with Crippen molar-refractivity contribution < 1.29 is 4.39 Å². The van der Waals surface area contributed by atoms with E-state index in [4.69, 9.17) is 5.26 Å². The predicted octanol–water partition coefficient (Wildman–Crippen LogP) is 2.68. The van der Waals surface area contributed by atoms with Gasteiger partial charge in [0.25, 0.3) is 0 Å². The van der Waals surface area contributed by atoms with Crippen LogP contribution in [0.3, 0.4) is 0 Å². The predicted molar refractivity (Wildman–Crippen MR) is 48.3 cm³/mol. The highest BCUT2D eigenvalue weighted by Gasteiger charge is 2.15. The molecule has 0 saturated heterocycles. The van der Waals surface area contributed by atoms with Crippen molar-refractivity contribution in [3.8, 4) is 6.07 Å². The molecule has 0 fully saturated rings. The van der Waals surface area contributed by atoms with Crippen molar-refractivity contribution in [3.05, 3.63) is 41.2 Å². The van der Waals surface area contributed by atoms with Crippen LogP contribution in [0.5, 0.6) is 0 Å². The van der Waals surface area contributed by atoms with Gasteiger partial charge in [-0.2, -0.15) is 5.26 Å². The zero-order chi connectivity index (χ0) is 9.26. The Bertz CT molecular complexity index is 413. The maximum atomic E-state index is 12.8. The fourth-order valence-electron chi connectivity index (χ4n) is 1.71. The number of rotatable bonds is 0. The molecule has 0 bridgehead atoms. The Hall–Kier alpha value is -1.62. The average molecular weight is 173 g/mol. The second-order valence-electron chi connectivity index (χ2n) is 3.10. The zero-order valence-corrected chi connectivity index (χ0v) is 7.05. The Balaban J connectivity index is 2.51. The van der Waals surface area contributed by atoms with Crippen LogP contribution in [0.2, 0.25) is 0 Å². The summed E-state index contributed by atoms with van der Waals surface area (Å²) in [5.41, 5.74) is 3.07. The van der Waals surface area contributed by atoms with Gasteiger partial charge < -0.3 is 0 Å². The molecule has 2 heteroatoms. The summed E-state index contributed by atoms with van der Waals surface area (Å²) in [5, 5.41) is 8.51. The largest absolute Gasteiger partial charge is 0.207 e. The highest BCUT2D eigenvalue weighted by atomic mass is 19.1. The fourth-order valence-corrected chi connectivity index (χ4v) is 1.71. The van der Waals surface area contributed by atoms with Crippen LogP contribution >= 0.6 is 0 Å². The number of benzene rings is 1. The molecule has 1 nitrogen and oxygen atoms in total.